The van der Waals surface area contributed by atoms with Gasteiger partial charge in [-0.1, -0.05) is 13.8 Å². The van der Waals surface area contributed by atoms with E-state index in [1.54, 1.807) is 13.8 Å². The number of halogens is 1. The van der Waals surface area contributed by atoms with Gasteiger partial charge in [-0.05, 0) is 24.1 Å². The summed E-state index contributed by atoms with van der Waals surface area (Å²) >= 11 is 0. The molecule has 0 radical (unpaired) electrons. The van der Waals surface area contributed by atoms with Crippen LogP contribution in [-0.2, 0) is 4.74 Å². The quantitative estimate of drug-likeness (QED) is 0.620. The van der Waals surface area contributed by atoms with Crippen molar-refractivity contribution in [2.45, 2.75) is 20.0 Å². The molecule has 0 saturated carbocycles. The molecule has 1 rings (SSSR count). The zero-order valence-corrected chi connectivity index (χ0v) is 9.81. The van der Waals surface area contributed by atoms with Crippen LogP contribution in [0.15, 0.2) is 18.2 Å². The van der Waals surface area contributed by atoms with Crippen molar-refractivity contribution >= 4 is 11.7 Å². The molecule has 5 heteroatoms. The smallest absolute Gasteiger partial charge is 0.338 e. The lowest BCUT2D eigenvalue weighted by molar-refractivity contribution is 0.0136. The van der Waals surface area contributed by atoms with Gasteiger partial charge in [0.1, 0.15) is 12.4 Å². The number of hydrogen-bond acceptors (Lipinski definition) is 4. The predicted octanol–water partition coefficient (Wildman–Crippen LogP) is 1.58. The van der Waals surface area contributed by atoms with E-state index in [-0.39, 0.29) is 23.8 Å². The molecule has 0 heterocycles. The summed E-state index contributed by atoms with van der Waals surface area (Å²) in [4.78, 5) is 11.5. The van der Waals surface area contributed by atoms with Gasteiger partial charge in [-0.2, -0.15) is 0 Å². The lowest BCUT2D eigenvalue weighted by Gasteiger charge is -2.14. The zero-order chi connectivity index (χ0) is 13.0. The molecule has 0 aromatic heterocycles. The summed E-state index contributed by atoms with van der Waals surface area (Å²) in [6.45, 7) is 3.51. The van der Waals surface area contributed by atoms with Crippen LogP contribution < -0.4 is 5.73 Å². The highest BCUT2D eigenvalue weighted by Gasteiger charge is 2.14. The summed E-state index contributed by atoms with van der Waals surface area (Å²) < 4.78 is 17.9. The SMILES string of the molecule is CC(C)C(O)COC(=O)c1ccc(N)c(F)c1. The summed E-state index contributed by atoms with van der Waals surface area (Å²) in [5.41, 5.74) is 5.34. The van der Waals surface area contributed by atoms with E-state index >= 15 is 0 Å². The van der Waals surface area contributed by atoms with Crippen molar-refractivity contribution in [3.63, 3.8) is 0 Å². The molecule has 0 fully saturated rings. The summed E-state index contributed by atoms with van der Waals surface area (Å²) in [7, 11) is 0. The van der Waals surface area contributed by atoms with Crippen molar-refractivity contribution in [2.24, 2.45) is 5.92 Å². The minimum absolute atomic E-state index is 0.00838. The average molecular weight is 241 g/mol. The first kappa shape index (κ1) is 13.4. The molecule has 4 nitrogen and oxygen atoms in total. The molecule has 0 aliphatic carbocycles. The van der Waals surface area contributed by atoms with Crippen LogP contribution in [0, 0.1) is 11.7 Å². The maximum Gasteiger partial charge on any atom is 0.338 e. The first-order valence-electron chi connectivity index (χ1n) is 5.32. The molecule has 0 spiro atoms. The molecule has 1 aromatic carbocycles. The van der Waals surface area contributed by atoms with Crippen LogP contribution in [0.5, 0.6) is 0 Å². The van der Waals surface area contributed by atoms with Gasteiger partial charge in [0.2, 0.25) is 0 Å². The molecule has 94 valence electrons. The van der Waals surface area contributed by atoms with E-state index in [9.17, 15) is 14.3 Å². The van der Waals surface area contributed by atoms with Crippen LogP contribution in [-0.4, -0.2) is 23.8 Å². The number of nitrogen functional groups attached to an aromatic ring is 1. The van der Waals surface area contributed by atoms with Crippen LogP contribution in [0.4, 0.5) is 10.1 Å². The van der Waals surface area contributed by atoms with Crippen molar-refractivity contribution in [1.82, 2.24) is 0 Å². The minimum atomic E-state index is -0.724. The number of hydrogen-bond donors (Lipinski definition) is 2. The van der Waals surface area contributed by atoms with Crippen molar-refractivity contribution in [3.05, 3.63) is 29.6 Å². The number of benzene rings is 1. The summed E-state index contributed by atoms with van der Waals surface area (Å²) in [6.07, 6.45) is -0.724. The fourth-order valence-corrected chi connectivity index (χ4v) is 1.09. The minimum Gasteiger partial charge on any atom is -0.459 e. The lowest BCUT2D eigenvalue weighted by atomic mass is 10.1. The Kier molecular flexibility index (Phi) is 4.45. The maximum atomic E-state index is 13.1. The molecule has 17 heavy (non-hydrogen) atoms. The number of aliphatic hydroxyl groups excluding tert-OH is 1. The zero-order valence-electron chi connectivity index (χ0n) is 9.81. The second-order valence-electron chi connectivity index (χ2n) is 4.15. The second kappa shape index (κ2) is 5.63. The van der Waals surface area contributed by atoms with Crippen LogP contribution in [0.1, 0.15) is 24.2 Å². The Balaban J connectivity index is 2.61. The maximum absolute atomic E-state index is 13.1. The van der Waals surface area contributed by atoms with E-state index in [2.05, 4.69) is 0 Å². The number of anilines is 1. The number of ether oxygens (including phenoxy) is 1. The number of esters is 1. The van der Waals surface area contributed by atoms with E-state index in [0.29, 0.717) is 0 Å². The Hall–Kier alpha value is -1.62. The third-order valence-corrected chi connectivity index (χ3v) is 2.39. The standard InChI is InChI=1S/C12H16FNO3/c1-7(2)11(15)6-17-12(16)8-3-4-10(14)9(13)5-8/h3-5,7,11,15H,6,14H2,1-2H3. The number of carbonyl (C=O) groups is 1. The van der Waals surface area contributed by atoms with Crippen molar-refractivity contribution in [3.8, 4) is 0 Å². The highest BCUT2D eigenvalue weighted by atomic mass is 19.1. The Morgan fingerprint density at radius 3 is 2.71 bits per heavy atom. The van der Waals surface area contributed by atoms with Crippen molar-refractivity contribution in [1.29, 1.82) is 0 Å². The third-order valence-electron chi connectivity index (χ3n) is 2.39. The summed E-state index contributed by atoms with van der Waals surface area (Å²) in [5, 5.41) is 9.45. The van der Waals surface area contributed by atoms with E-state index in [0.717, 1.165) is 6.07 Å². The van der Waals surface area contributed by atoms with E-state index in [1.807, 2.05) is 0 Å². The van der Waals surface area contributed by atoms with Gasteiger partial charge in [-0.3, -0.25) is 0 Å². The molecule has 1 aromatic rings. The Morgan fingerprint density at radius 2 is 2.18 bits per heavy atom. The number of aliphatic hydroxyl groups is 1. The normalized spacial score (nSPS) is 12.5. The van der Waals surface area contributed by atoms with E-state index < -0.39 is 17.9 Å². The van der Waals surface area contributed by atoms with Crippen LogP contribution in [0.3, 0.4) is 0 Å². The molecule has 0 saturated heterocycles. The van der Waals surface area contributed by atoms with E-state index in [1.165, 1.54) is 12.1 Å². The van der Waals surface area contributed by atoms with Gasteiger partial charge in [0.25, 0.3) is 0 Å². The second-order valence-corrected chi connectivity index (χ2v) is 4.15. The Morgan fingerprint density at radius 1 is 1.53 bits per heavy atom. The largest absolute Gasteiger partial charge is 0.459 e. The highest BCUT2D eigenvalue weighted by Crippen LogP contribution is 2.13. The lowest BCUT2D eigenvalue weighted by Crippen LogP contribution is -2.23. The Labute approximate surface area is 99.2 Å². The van der Waals surface area contributed by atoms with Gasteiger partial charge >= 0.3 is 5.97 Å². The number of carbonyl (C=O) groups excluding carboxylic acids is 1. The molecule has 0 aliphatic rings. The van der Waals surface area contributed by atoms with E-state index in [4.69, 9.17) is 10.5 Å². The van der Waals surface area contributed by atoms with Gasteiger partial charge in [0.05, 0.1) is 17.4 Å². The highest BCUT2D eigenvalue weighted by molar-refractivity contribution is 5.89. The third kappa shape index (κ3) is 3.71. The number of rotatable bonds is 4. The van der Waals surface area contributed by atoms with Crippen LogP contribution in [0.2, 0.25) is 0 Å². The van der Waals surface area contributed by atoms with Gasteiger partial charge in [0, 0.05) is 0 Å². The molecular weight excluding hydrogens is 225 g/mol. The van der Waals surface area contributed by atoms with Gasteiger partial charge in [-0.15, -0.1) is 0 Å². The monoisotopic (exact) mass is 241 g/mol. The first-order chi connectivity index (χ1) is 7.91. The molecule has 1 atom stereocenters. The fourth-order valence-electron chi connectivity index (χ4n) is 1.09. The number of nitrogens with two attached hydrogens (primary N) is 1. The van der Waals surface area contributed by atoms with Gasteiger partial charge < -0.3 is 15.6 Å². The topological polar surface area (TPSA) is 72.5 Å². The Bertz CT molecular complexity index is 407. The first-order valence-corrected chi connectivity index (χ1v) is 5.32. The molecule has 0 amide bonds. The van der Waals surface area contributed by atoms with Crippen LogP contribution in [0.25, 0.3) is 0 Å². The molecule has 0 aliphatic heterocycles. The fraction of sp³-hybridized carbons (Fsp3) is 0.417. The molecule has 0 bridgehead atoms. The molecule has 3 N–H and O–H groups in total. The van der Waals surface area contributed by atoms with Crippen molar-refractivity contribution < 1.29 is 19.0 Å². The molecule has 1 unspecified atom stereocenters. The van der Waals surface area contributed by atoms with Gasteiger partial charge in [0.15, 0.2) is 0 Å². The summed E-state index contributed by atoms with van der Waals surface area (Å²) in [6, 6.07) is 3.69. The summed E-state index contributed by atoms with van der Waals surface area (Å²) in [5.74, 6) is -1.35. The van der Waals surface area contributed by atoms with Crippen LogP contribution >= 0.6 is 0 Å². The predicted molar refractivity (Wildman–Crippen MR) is 61.9 cm³/mol. The average Bonchev–Trinajstić information content (AvgIpc) is 2.28. The molecular formula is C12H16FNO3. The van der Waals surface area contributed by atoms with Crippen molar-refractivity contribution in [2.75, 3.05) is 12.3 Å². The van der Waals surface area contributed by atoms with Gasteiger partial charge in [-0.25, -0.2) is 9.18 Å².